The number of nitrogens with one attached hydrogen (secondary N) is 2. The van der Waals surface area contributed by atoms with Gasteiger partial charge >= 0.3 is 0 Å². The summed E-state index contributed by atoms with van der Waals surface area (Å²) in [6.45, 7) is 13.2. The summed E-state index contributed by atoms with van der Waals surface area (Å²) in [7, 11) is 2.16. The van der Waals surface area contributed by atoms with E-state index in [9.17, 15) is 4.79 Å². The molecule has 194 valence electrons. The second-order valence-corrected chi connectivity index (χ2v) is 10.3. The van der Waals surface area contributed by atoms with Crippen LogP contribution in [0.5, 0.6) is 0 Å². The van der Waals surface area contributed by atoms with Crippen molar-refractivity contribution in [1.29, 1.82) is 0 Å². The molecule has 4 aromatic rings. The van der Waals surface area contributed by atoms with Gasteiger partial charge in [0, 0.05) is 73.7 Å². The number of anilines is 1. The van der Waals surface area contributed by atoms with Crippen LogP contribution in [0.1, 0.15) is 42.3 Å². The number of fused-ring (bicyclic) bond motifs is 1. The van der Waals surface area contributed by atoms with Crippen LogP contribution in [-0.4, -0.2) is 62.9 Å². The molecule has 1 fully saturated rings. The van der Waals surface area contributed by atoms with Crippen LogP contribution in [0.15, 0.2) is 41.5 Å². The van der Waals surface area contributed by atoms with Gasteiger partial charge < -0.3 is 20.1 Å². The van der Waals surface area contributed by atoms with E-state index in [0.717, 1.165) is 76.7 Å². The molecule has 37 heavy (non-hydrogen) atoms. The minimum Gasteiger partial charge on any atom is -0.354 e. The van der Waals surface area contributed by atoms with Gasteiger partial charge in [-0.2, -0.15) is 5.10 Å². The second-order valence-electron chi connectivity index (χ2n) is 10.3. The molecule has 0 aromatic carbocycles. The van der Waals surface area contributed by atoms with Crippen molar-refractivity contribution in [3.05, 3.63) is 69.4 Å². The monoisotopic (exact) mass is 500 g/mol. The molecule has 0 bridgehead atoms. The van der Waals surface area contributed by atoms with Crippen LogP contribution in [0.2, 0.25) is 0 Å². The largest absolute Gasteiger partial charge is 0.354 e. The van der Waals surface area contributed by atoms with Crippen molar-refractivity contribution in [3.8, 4) is 11.3 Å². The molecule has 0 amide bonds. The van der Waals surface area contributed by atoms with E-state index < -0.39 is 0 Å². The van der Waals surface area contributed by atoms with Crippen molar-refractivity contribution in [2.24, 2.45) is 0 Å². The average molecular weight is 501 g/mol. The normalized spacial score (nSPS) is 14.7. The molecule has 0 radical (unpaired) electrons. The summed E-state index contributed by atoms with van der Waals surface area (Å²) in [5.41, 5.74) is 6.39. The molecule has 9 nitrogen and oxygen atoms in total. The van der Waals surface area contributed by atoms with Crippen molar-refractivity contribution < 1.29 is 0 Å². The average Bonchev–Trinajstić information content (AvgIpc) is 3.31. The number of rotatable bonds is 7. The summed E-state index contributed by atoms with van der Waals surface area (Å²) < 4.78 is 1.96. The van der Waals surface area contributed by atoms with Crippen LogP contribution in [0, 0.1) is 13.8 Å². The number of hydrogen-bond donors (Lipinski definition) is 2. The van der Waals surface area contributed by atoms with Gasteiger partial charge in [-0.15, -0.1) is 0 Å². The third-order valence-electron chi connectivity index (χ3n) is 7.12. The van der Waals surface area contributed by atoms with Crippen molar-refractivity contribution in [2.75, 3.05) is 38.1 Å². The molecule has 0 spiro atoms. The summed E-state index contributed by atoms with van der Waals surface area (Å²) in [5.74, 6) is 1.01. The summed E-state index contributed by atoms with van der Waals surface area (Å²) in [5, 5.41) is 9.11. The van der Waals surface area contributed by atoms with Crippen LogP contribution in [0.4, 0.5) is 5.82 Å². The first-order chi connectivity index (χ1) is 17.8. The number of hydrogen-bond acceptors (Lipinski definition) is 7. The lowest BCUT2D eigenvalue weighted by Gasteiger charge is -2.33. The highest BCUT2D eigenvalue weighted by Crippen LogP contribution is 2.27. The van der Waals surface area contributed by atoms with E-state index in [4.69, 9.17) is 9.97 Å². The number of piperazine rings is 1. The third kappa shape index (κ3) is 5.28. The Labute approximate surface area is 217 Å². The molecule has 1 saturated heterocycles. The number of aromatic nitrogens is 5. The molecule has 0 unspecified atom stereocenters. The molecule has 0 aliphatic carbocycles. The van der Waals surface area contributed by atoms with Gasteiger partial charge in [0.05, 0.1) is 11.9 Å². The van der Waals surface area contributed by atoms with Gasteiger partial charge in [0.1, 0.15) is 5.82 Å². The first-order valence-electron chi connectivity index (χ1n) is 13.0. The van der Waals surface area contributed by atoms with Crippen molar-refractivity contribution in [3.63, 3.8) is 0 Å². The van der Waals surface area contributed by atoms with Gasteiger partial charge in [-0.05, 0) is 70.1 Å². The number of aromatic amines is 1. The molecular weight excluding hydrogens is 464 g/mol. The molecule has 5 heterocycles. The summed E-state index contributed by atoms with van der Waals surface area (Å²) in [6, 6.07) is 8.51. The zero-order chi connectivity index (χ0) is 26.1. The minimum absolute atomic E-state index is 0.0373. The molecule has 2 N–H and O–H groups in total. The molecule has 1 aliphatic rings. The molecule has 1 aliphatic heterocycles. The van der Waals surface area contributed by atoms with E-state index in [1.807, 2.05) is 37.0 Å². The highest BCUT2D eigenvalue weighted by atomic mass is 16.1. The molecule has 5 rings (SSSR count). The Morgan fingerprint density at radius 1 is 1.05 bits per heavy atom. The standard InChI is InChI=1S/C28H36N8O/c1-18(2)36-27-24(17-31-36)22(14-29-16-23-19(3)12-20(4)32-28(23)37)13-25(33-27)21-6-7-26(30-15-21)35-10-8-34(5)9-11-35/h6-7,12-13,15,17-18,29H,8-11,14,16H2,1-5H3,(H,32,37). The number of H-pyrrole nitrogens is 1. The number of likely N-dealkylation sites (N-methyl/N-ethyl adjacent to an activating group) is 1. The number of nitrogens with zero attached hydrogens (tertiary/aromatic N) is 6. The Morgan fingerprint density at radius 3 is 2.51 bits per heavy atom. The van der Waals surface area contributed by atoms with Crippen LogP contribution < -0.4 is 15.8 Å². The van der Waals surface area contributed by atoms with E-state index in [-0.39, 0.29) is 11.6 Å². The molecule has 0 saturated carbocycles. The maximum Gasteiger partial charge on any atom is 0.252 e. The van der Waals surface area contributed by atoms with Crippen molar-refractivity contribution in [2.45, 2.75) is 46.8 Å². The lowest BCUT2D eigenvalue weighted by molar-refractivity contribution is 0.312. The Morgan fingerprint density at radius 2 is 1.84 bits per heavy atom. The smallest absolute Gasteiger partial charge is 0.252 e. The fraction of sp³-hybridized carbons (Fsp3) is 0.429. The number of aryl methyl sites for hydroxylation is 2. The van der Waals surface area contributed by atoms with E-state index in [2.05, 4.69) is 64.3 Å². The predicted octanol–water partition coefficient (Wildman–Crippen LogP) is 3.42. The van der Waals surface area contributed by atoms with E-state index >= 15 is 0 Å². The number of pyridine rings is 3. The summed E-state index contributed by atoms with van der Waals surface area (Å²) in [4.78, 5) is 29.8. The predicted molar refractivity (Wildman–Crippen MR) is 148 cm³/mol. The van der Waals surface area contributed by atoms with Gasteiger partial charge in [-0.1, -0.05) is 0 Å². The van der Waals surface area contributed by atoms with Crippen LogP contribution in [0.3, 0.4) is 0 Å². The van der Waals surface area contributed by atoms with Gasteiger partial charge in [0.2, 0.25) is 0 Å². The maximum atomic E-state index is 12.5. The first kappa shape index (κ1) is 25.1. The third-order valence-corrected chi connectivity index (χ3v) is 7.12. The quantitative estimate of drug-likeness (QED) is 0.401. The van der Waals surface area contributed by atoms with E-state index in [0.29, 0.717) is 13.1 Å². The van der Waals surface area contributed by atoms with Gasteiger partial charge in [-0.3, -0.25) is 4.79 Å². The summed E-state index contributed by atoms with van der Waals surface area (Å²) >= 11 is 0. The van der Waals surface area contributed by atoms with Crippen LogP contribution in [0.25, 0.3) is 22.3 Å². The highest BCUT2D eigenvalue weighted by molar-refractivity contribution is 5.82. The van der Waals surface area contributed by atoms with Crippen molar-refractivity contribution in [1.82, 2.24) is 34.9 Å². The molecule has 4 aromatic heterocycles. The lowest BCUT2D eigenvalue weighted by Crippen LogP contribution is -2.44. The van der Waals surface area contributed by atoms with Crippen molar-refractivity contribution >= 4 is 16.9 Å². The van der Waals surface area contributed by atoms with E-state index in [1.54, 1.807) is 0 Å². The van der Waals surface area contributed by atoms with Crippen LogP contribution >= 0.6 is 0 Å². The van der Waals surface area contributed by atoms with Gasteiger partial charge in [0.25, 0.3) is 5.56 Å². The maximum absolute atomic E-state index is 12.5. The Hall–Kier alpha value is -3.56. The van der Waals surface area contributed by atoms with Gasteiger partial charge in [0.15, 0.2) is 5.65 Å². The Balaban J connectivity index is 1.43. The zero-order valence-electron chi connectivity index (χ0n) is 22.4. The minimum atomic E-state index is -0.0373. The molecule has 0 atom stereocenters. The zero-order valence-corrected chi connectivity index (χ0v) is 22.4. The summed E-state index contributed by atoms with van der Waals surface area (Å²) in [6.07, 6.45) is 3.81. The highest BCUT2D eigenvalue weighted by Gasteiger charge is 2.17. The topological polar surface area (TPSA) is 95.0 Å². The molecular formula is C28H36N8O. The SMILES string of the molecule is Cc1cc(C)c(CNCc2cc(-c3ccc(N4CCN(C)CC4)nc3)nc3c2cnn3C(C)C)c(=O)[nH]1. The second kappa shape index (κ2) is 10.4. The fourth-order valence-electron chi connectivity index (χ4n) is 4.94. The first-order valence-corrected chi connectivity index (χ1v) is 13.0. The fourth-order valence-corrected chi connectivity index (χ4v) is 4.94. The Kier molecular flexibility index (Phi) is 7.08. The van der Waals surface area contributed by atoms with Crippen LogP contribution in [-0.2, 0) is 13.1 Å². The lowest BCUT2D eigenvalue weighted by atomic mass is 10.1. The van der Waals surface area contributed by atoms with Gasteiger partial charge in [-0.25, -0.2) is 14.6 Å². The molecule has 9 heteroatoms. The van der Waals surface area contributed by atoms with E-state index in [1.165, 1.54) is 0 Å². The Bertz CT molecular complexity index is 1450.